The molecule has 80 valence electrons. The lowest BCUT2D eigenvalue weighted by molar-refractivity contribution is -0.385. The van der Waals surface area contributed by atoms with E-state index in [0.717, 1.165) is 0 Å². The predicted octanol–water partition coefficient (Wildman–Crippen LogP) is 1.94. The van der Waals surface area contributed by atoms with Crippen LogP contribution < -0.4 is 4.74 Å². The van der Waals surface area contributed by atoms with Crippen LogP contribution in [-0.2, 0) is 4.74 Å². The van der Waals surface area contributed by atoms with E-state index >= 15 is 0 Å². The van der Waals surface area contributed by atoms with Gasteiger partial charge in [-0.15, -0.1) is 0 Å². The van der Waals surface area contributed by atoms with E-state index in [2.05, 4.69) is 0 Å². The van der Waals surface area contributed by atoms with Crippen LogP contribution in [0.25, 0.3) is 0 Å². The predicted molar refractivity (Wildman–Crippen MR) is 53.1 cm³/mol. The zero-order chi connectivity index (χ0) is 10.9. The lowest BCUT2D eigenvalue weighted by Gasteiger charge is -2.07. The summed E-state index contributed by atoms with van der Waals surface area (Å²) in [6.45, 7) is 0.522. The third-order valence-corrected chi connectivity index (χ3v) is 2.29. The Hall–Kier alpha value is -1.33. The van der Waals surface area contributed by atoms with Gasteiger partial charge in [-0.2, -0.15) is 0 Å². The number of nitro benzene ring substituents is 1. The van der Waals surface area contributed by atoms with Gasteiger partial charge in [0.05, 0.1) is 11.5 Å². The maximum Gasteiger partial charge on any atom is 0.310 e. The summed E-state index contributed by atoms with van der Waals surface area (Å²) in [6, 6.07) is 6.15. The van der Waals surface area contributed by atoms with Crippen molar-refractivity contribution < 1.29 is 14.4 Å². The molecule has 0 aromatic heterocycles. The van der Waals surface area contributed by atoms with E-state index in [1.54, 1.807) is 12.1 Å². The molecule has 1 aliphatic heterocycles. The average Bonchev–Trinajstić information content (AvgIpc) is 2.95. The van der Waals surface area contributed by atoms with Crippen LogP contribution in [0.1, 0.15) is 0 Å². The summed E-state index contributed by atoms with van der Waals surface area (Å²) in [6.07, 6.45) is 0. The summed E-state index contributed by atoms with van der Waals surface area (Å²) in [5, 5.41) is 9.84. The molecule has 2 rings (SSSR count). The normalized spacial score (nSPS) is 23.5. The molecule has 0 aliphatic carbocycles. The van der Waals surface area contributed by atoms with Crippen LogP contribution in [0.4, 0.5) is 5.69 Å². The van der Waals surface area contributed by atoms with Crippen molar-refractivity contribution in [3.05, 3.63) is 34.4 Å². The fraction of sp³-hybridized carbons (Fsp3) is 0.333. The number of ether oxygens (including phenoxy) is 2. The van der Waals surface area contributed by atoms with Crippen molar-refractivity contribution in [2.24, 2.45) is 0 Å². The Bertz CT molecular complexity index is 391. The van der Waals surface area contributed by atoms with Crippen LogP contribution in [0.5, 0.6) is 5.75 Å². The molecule has 0 radical (unpaired) electrons. The third kappa shape index (κ3) is 2.37. The topological polar surface area (TPSA) is 64.9 Å². The van der Waals surface area contributed by atoms with E-state index < -0.39 is 9.98 Å². The number of nitro groups is 1. The minimum atomic E-state index is -0.788. The number of nitrogens with zero attached hydrogens (tertiary/aromatic N) is 1. The van der Waals surface area contributed by atoms with Gasteiger partial charge >= 0.3 is 5.69 Å². The minimum Gasteiger partial charge on any atom is -0.482 e. The molecule has 0 saturated carbocycles. The number of halogens is 1. The number of epoxide rings is 1. The molecule has 0 amide bonds. The van der Waals surface area contributed by atoms with Crippen molar-refractivity contribution in [3.8, 4) is 5.75 Å². The van der Waals surface area contributed by atoms with E-state index in [1.165, 1.54) is 12.1 Å². The van der Waals surface area contributed by atoms with Crippen LogP contribution >= 0.6 is 11.6 Å². The van der Waals surface area contributed by atoms with Gasteiger partial charge in [0, 0.05) is 6.07 Å². The van der Waals surface area contributed by atoms with E-state index in [0.29, 0.717) is 6.61 Å². The van der Waals surface area contributed by atoms with Gasteiger partial charge in [0.25, 0.3) is 0 Å². The number of para-hydroxylation sites is 2. The first-order valence-electron chi connectivity index (χ1n) is 4.30. The first-order valence-corrected chi connectivity index (χ1v) is 4.68. The number of alkyl halides is 1. The highest BCUT2D eigenvalue weighted by Crippen LogP contribution is 2.34. The highest BCUT2D eigenvalue weighted by molar-refractivity contribution is 6.24. The fourth-order valence-electron chi connectivity index (χ4n) is 1.08. The molecular weight excluding hydrogens is 222 g/mol. The fourth-order valence-corrected chi connectivity index (χ4v) is 1.19. The van der Waals surface area contributed by atoms with Gasteiger partial charge < -0.3 is 9.47 Å². The monoisotopic (exact) mass is 229 g/mol. The lowest BCUT2D eigenvalue weighted by Crippen LogP contribution is -2.14. The second kappa shape index (κ2) is 3.67. The van der Waals surface area contributed by atoms with Gasteiger partial charge in [0.1, 0.15) is 6.61 Å². The Kier molecular flexibility index (Phi) is 2.50. The maximum absolute atomic E-state index is 10.6. The molecule has 1 aromatic rings. The number of hydrogen-bond donors (Lipinski definition) is 0. The van der Waals surface area contributed by atoms with Gasteiger partial charge in [-0.05, 0) is 6.07 Å². The van der Waals surface area contributed by atoms with Gasteiger partial charge in [-0.25, -0.2) is 0 Å². The largest absolute Gasteiger partial charge is 0.482 e. The van der Waals surface area contributed by atoms with E-state index in [9.17, 15) is 10.1 Å². The molecule has 1 atom stereocenters. The van der Waals surface area contributed by atoms with Crippen LogP contribution in [0, 0.1) is 10.1 Å². The Morgan fingerprint density at radius 3 is 2.87 bits per heavy atom. The summed E-state index contributed by atoms with van der Waals surface area (Å²) in [5.74, 6) is 0.207. The Morgan fingerprint density at radius 1 is 1.60 bits per heavy atom. The first-order chi connectivity index (χ1) is 7.11. The summed E-state index contributed by atoms with van der Waals surface area (Å²) in [4.78, 5) is 10.1. The average molecular weight is 230 g/mol. The van der Waals surface area contributed by atoms with E-state index in [4.69, 9.17) is 21.1 Å². The molecule has 15 heavy (non-hydrogen) atoms. The van der Waals surface area contributed by atoms with Crippen molar-refractivity contribution in [2.45, 2.75) is 5.06 Å². The Labute approximate surface area is 90.7 Å². The molecule has 0 spiro atoms. The summed E-state index contributed by atoms with van der Waals surface area (Å²) in [7, 11) is 0. The van der Waals surface area contributed by atoms with Gasteiger partial charge in [0.15, 0.2) is 10.8 Å². The molecule has 1 aromatic carbocycles. The lowest BCUT2D eigenvalue weighted by atomic mass is 10.3. The number of rotatable bonds is 4. The molecule has 1 unspecified atom stereocenters. The number of benzene rings is 1. The third-order valence-electron chi connectivity index (χ3n) is 1.96. The molecule has 1 aliphatic rings. The van der Waals surface area contributed by atoms with Gasteiger partial charge in [0.2, 0.25) is 0 Å². The van der Waals surface area contributed by atoms with Crippen LogP contribution in [0.2, 0.25) is 0 Å². The summed E-state index contributed by atoms with van der Waals surface area (Å²) >= 11 is 5.81. The molecule has 0 bridgehead atoms. The summed E-state index contributed by atoms with van der Waals surface area (Å²) < 4.78 is 10.1. The van der Waals surface area contributed by atoms with Crippen molar-refractivity contribution in [2.75, 3.05) is 13.2 Å². The minimum absolute atomic E-state index is 0.0709. The van der Waals surface area contributed by atoms with Crippen LogP contribution in [-0.4, -0.2) is 23.2 Å². The van der Waals surface area contributed by atoms with Crippen molar-refractivity contribution >= 4 is 17.3 Å². The summed E-state index contributed by atoms with van der Waals surface area (Å²) in [5.41, 5.74) is -0.0709. The van der Waals surface area contributed by atoms with Crippen molar-refractivity contribution in [1.29, 1.82) is 0 Å². The van der Waals surface area contributed by atoms with Gasteiger partial charge in [-0.3, -0.25) is 10.1 Å². The molecule has 6 heteroatoms. The van der Waals surface area contributed by atoms with Crippen molar-refractivity contribution in [1.82, 2.24) is 0 Å². The smallest absolute Gasteiger partial charge is 0.310 e. The second-order valence-electron chi connectivity index (χ2n) is 3.19. The molecule has 5 nitrogen and oxygen atoms in total. The maximum atomic E-state index is 10.6. The van der Waals surface area contributed by atoms with Crippen LogP contribution in [0.3, 0.4) is 0 Å². The quantitative estimate of drug-likeness (QED) is 0.343. The molecular formula is C9H8ClNO4. The SMILES string of the molecule is O=[N+]([O-])c1ccccc1OCC1(Cl)CO1. The van der Waals surface area contributed by atoms with E-state index in [-0.39, 0.29) is 18.0 Å². The second-order valence-corrected chi connectivity index (χ2v) is 3.87. The van der Waals surface area contributed by atoms with Crippen LogP contribution in [0.15, 0.2) is 24.3 Å². The molecule has 1 saturated heterocycles. The Morgan fingerprint density at radius 2 is 2.27 bits per heavy atom. The van der Waals surface area contributed by atoms with Gasteiger partial charge in [-0.1, -0.05) is 23.7 Å². The zero-order valence-corrected chi connectivity index (χ0v) is 8.44. The zero-order valence-electron chi connectivity index (χ0n) is 7.68. The first kappa shape index (κ1) is 10.2. The molecule has 0 N–H and O–H groups in total. The van der Waals surface area contributed by atoms with Crippen molar-refractivity contribution in [3.63, 3.8) is 0 Å². The molecule has 1 heterocycles. The molecule has 1 fully saturated rings. The highest BCUT2D eigenvalue weighted by Gasteiger charge is 2.44. The highest BCUT2D eigenvalue weighted by atomic mass is 35.5. The standard InChI is InChI=1S/C9H8ClNO4/c10-9(6-15-9)5-14-8-4-2-1-3-7(8)11(12)13/h1-4H,5-6H2. The number of hydrogen-bond acceptors (Lipinski definition) is 4. The van der Waals surface area contributed by atoms with E-state index in [1.807, 2.05) is 0 Å². The Balaban J connectivity index is 2.09.